The summed E-state index contributed by atoms with van der Waals surface area (Å²) in [6.07, 6.45) is 9.79. The fourth-order valence-electron chi connectivity index (χ4n) is 4.47. The summed E-state index contributed by atoms with van der Waals surface area (Å²) < 4.78 is 6.25. The molecule has 0 aliphatic carbocycles. The van der Waals surface area contributed by atoms with E-state index in [0.29, 0.717) is 42.3 Å². The lowest BCUT2D eigenvalue weighted by atomic mass is 10.1. The van der Waals surface area contributed by atoms with Crippen molar-refractivity contribution in [3.63, 3.8) is 0 Å². The van der Waals surface area contributed by atoms with Crippen molar-refractivity contribution in [1.29, 1.82) is 0 Å². The molecule has 0 heterocycles. The molecule has 0 atom stereocenters. The van der Waals surface area contributed by atoms with Gasteiger partial charge in [0.15, 0.2) is 0 Å². The monoisotopic (exact) mass is 602 g/mol. The summed E-state index contributed by atoms with van der Waals surface area (Å²) in [5, 5.41) is 2.93. The molecule has 4 aromatic carbocycles. The summed E-state index contributed by atoms with van der Waals surface area (Å²) in [5.74, 6) is 0.371. The highest BCUT2D eigenvalue weighted by Gasteiger charge is 2.20. The minimum atomic E-state index is -0.167. The Bertz CT molecular complexity index is 1480. The number of carbonyl (C=O) groups excluding carboxylic acids is 2. The number of rotatable bonds is 11. The van der Waals surface area contributed by atoms with Gasteiger partial charge in [-0.1, -0.05) is 97.8 Å². The van der Waals surface area contributed by atoms with Gasteiger partial charge in [0.05, 0.1) is 5.57 Å². The molecule has 0 unspecified atom stereocenters. The summed E-state index contributed by atoms with van der Waals surface area (Å²) in [6.45, 7) is 11.8. The minimum Gasteiger partial charge on any atom is -0.488 e. The second-order valence-corrected chi connectivity index (χ2v) is 10.6. The Morgan fingerprint density at radius 1 is 0.689 bits per heavy atom. The molecule has 0 aliphatic rings. The molecule has 0 aromatic heterocycles. The Morgan fingerprint density at radius 3 is 1.67 bits per heavy atom. The van der Waals surface area contributed by atoms with Crippen LogP contribution >= 0.6 is 0 Å². The van der Waals surface area contributed by atoms with Gasteiger partial charge >= 0.3 is 0 Å². The number of terminal acetylenes is 1. The number of anilines is 1. The van der Waals surface area contributed by atoms with Crippen LogP contribution in [0.5, 0.6) is 0 Å². The van der Waals surface area contributed by atoms with Crippen LogP contribution in [0.25, 0.3) is 5.76 Å². The predicted molar refractivity (Wildman–Crippen MR) is 188 cm³/mol. The van der Waals surface area contributed by atoms with E-state index in [2.05, 4.69) is 51.1 Å². The number of ether oxygens (including phenoxy) is 1. The average molecular weight is 603 g/mol. The molecule has 1 N–H and O–H groups in total. The number of nitrogens with one attached hydrogen (secondary N) is 1. The highest BCUT2D eigenvalue weighted by molar-refractivity contribution is 6.04. The molecule has 234 valence electrons. The maximum atomic E-state index is 13.4. The topological polar surface area (TPSA) is 58.6 Å². The highest BCUT2D eigenvalue weighted by Crippen LogP contribution is 2.25. The minimum absolute atomic E-state index is 0.0153. The van der Waals surface area contributed by atoms with E-state index in [1.54, 1.807) is 0 Å². The molecule has 2 amide bonds. The first kappa shape index (κ1) is 36.1. The lowest BCUT2D eigenvalue weighted by Crippen LogP contribution is -2.33. The summed E-state index contributed by atoms with van der Waals surface area (Å²) in [5.41, 5.74) is 6.09. The summed E-state index contributed by atoms with van der Waals surface area (Å²) in [6, 6.07) is 35.0. The number of nitrogens with zero attached hydrogens (tertiary/aromatic N) is 1. The van der Waals surface area contributed by atoms with Crippen LogP contribution in [0.15, 0.2) is 115 Å². The van der Waals surface area contributed by atoms with Gasteiger partial charge in [0.1, 0.15) is 12.4 Å². The van der Waals surface area contributed by atoms with Gasteiger partial charge in [0, 0.05) is 29.9 Å². The van der Waals surface area contributed by atoms with E-state index < -0.39 is 0 Å². The number of amides is 2. The van der Waals surface area contributed by atoms with Crippen molar-refractivity contribution in [3.05, 3.63) is 143 Å². The summed E-state index contributed by atoms with van der Waals surface area (Å²) in [4.78, 5) is 27.9. The van der Waals surface area contributed by atoms with Crippen LogP contribution in [0.3, 0.4) is 0 Å². The zero-order chi connectivity index (χ0) is 33.0. The largest absolute Gasteiger partial charge is 0.488 e. The van der Waals surface area contributed by atoms with Gasteiger partial charge in [-0.2, -0.15) is 0 Å². The average Bonchev–Trinajstić information content (AvgIpc) is 3.07. The van der Waals surface area contributed by atoms with E-state index >= 15 is 0 Å². The SMILES string of the molecule is C#C.CCCN(CCC)C(=O)/C(C)=C(/OCc1ccccc1)c1ccc(NC(=O)c2ccc(C)cc2)cc1.Cc1ccccc1. The van der Waals surface area contributed by atoms with Crippen molar-refractivity contribution >= 4 is 23.3 Å². The predicted octanol–water partition coefficient (Wildman–Crippen LogP) is 9.09. The molecule has 0 spiro atoms. The van der Waals surface area contributed by atoms with Crippen LogP contribution in [-0.2, 0) is 16.1 Å². The lowest BCUT2D eigenvalue weighted by molar-refractivity contribution is -0.127. The quantitative estimate of drug-likeness (QED) is 0.106. The number of hydrogen-bond donors (Lipinski definition) is 1. The van der Waals surface area contributed by atoms with Gasteiger partial charge in [-0.15, -0.1) is 12.8 Å². The van der Waals surface area contributed by atoms with E-state index in [-0.39, 0.29) is 11.8 Å². The Morgan fingerprint density at radius 2 is 1.18 bits per heavy atom. The highest BCUT2D eigenvalue weighted by atomic mass is 16.5. The molecule has 0 saturated carbocycles. The number of aryl methyl sites for hydroxylation is 2. The van der Waals surface area contributed by atoms with E-state index in [1.165, 1.54) is 5.56 Å². The maximum absolute atomic E-state index is 13.4. The molecule has 5 nitrogen and oxygen atoms in total. The number of hydrogen-bond acceptors (Lipinski definition) is 3. The molecular weight excluding hydrogens is 556 g/mol. The Kier molecular flexibility index (Phi) is 16.0. The van der Waals surface area contributed by atoms with Crippen LogP contribution in [0.2, 0.25) is 0 Å². The van der Waals surface area contributed by atoms with Crippen molar-refractivity contribution in [1.82, 2.24) is 4.90 Å². The van der Waals surface area contributed by atoms with Crippen LogP contribution < -0.4 is 5.32 Å². The molecule has 0 radical (unpaired) electrons. The molecule has 5 heteroatoms. The first-order valence-corrected chi connectivity index (χ1v) is 15.3. The molecule has 4 aromatic rings. The van der Waals surface area contributed by atoms with Crippen LogP contribution in [0.1, 0.15) is 66.2 Å². The number of benzene rings is 4. The molecule has 0 fully saturated rings. The van der Waals surface area contributed by atoms with Crippen LogP contribution in [-0.4, -0.2) is 29.8 Å². The first-order valence-electron chi connectivity index (χ1n) is 15.3. The van der Waals surface area contributed by atoms with E-state index in [0.717, 1.165) is 29.5 Å². The molecule has 45 heavy (non-hydrogen) atoms. The standard InChI is InChI=1S/C31H36N2O3.C7H8.C2H2/c1-5-20-33(21-6-2)31(35)24(4)29(36-22-25-10-8-7-9-11-25)26-16-18-28(19-17-26)32-30(34)27-14-12-23(3)13-15-27;1-7-5-3-2-4-6-7;1-2/h7-19H,5-6,20-22H2,1-4H3,(H,32,34);2-6H,1H3;1-2H/b29-24+;;. The second kappa shape index (κ2) is 20.0. The third-order valence-corrected chi connectivity index (χ3v) is 6.82. The third kappa shape index (κ3) is 12.2. The zero-order valence-corrected chi connectivity index (χ0v) is 27.3. The normalized spacial score (nSPS) is 10.6. The summed E-state index contributed by atoms with van der Waals surface area (Å²) >= 11 is 0. The smallest absolute Gasteiger partial charge is 0.255 e. The zero-order valence-electron chi connectivity index (χ0n) is 27.3. The fourth-order valence-corrected chi connectivity index (χ4v) is 4.47. The van der Waals surface area contributed by atoms with E-state index in [4.69, 9.17) is 4.74 Å². The van der Waals surface area contributed by atoms with Crippen molar-refractivity contribution in [2.75, 3.05) is 18.4 Å². The Balaban J connectivity index is 0.000000679. The summed E-state index contributed by atoms with van der Waals surface area (Å²) in [7, 11) is 0. The molecule has 0 saturated heterocycles. The lowest BCUT2D eigenvalue weighted by Gasteiger charge is -2.23. The third-order valence-electron chi connectivity index (χ3n) is 6.82. The molecule has 0 bridgehead atoms. The first-order chi connectivity index (χ1) is 21.8. The molecule has 0 aliphatic heterocycles. The van der Waals surface area contributed by atoms with Crippen molar-refractivity contribution in [2.45, 2.75) is 54.1 Å². The second-order valence-electron chi connectivity index (χ2n) is 10.6. The maximum Gasteiger partial charge on any atom is 0.255 e. The van der Waals surface area contributed by atoms with Gasteiger partial charge in [0.25, 0.3) is 11.8 Å². The van der Waals surface area contributed by atoms with Gasteiger partial charge in [0.2, 0.25) is 0 Å². The van der Waals surface area contributed by atoms with Gasteiger partial charge in [-0.25, -0.2) is 0 Å². The van der Waals surface area contributed by atoms with Gasteiger partial charge < -0.3 is 15.0 Å². The molecule has 4 rings (SSSR count). The molecular formula is C40H46N2O3. The van der Waals surface area contributed by atoms with E-state index in [1.807, 2.05) is 116 Å². The van der Waals surface area contributed by atoms with Crippen molar-refractivity contribution < 1.29 is 14.3 Å². The van der Waals surface area contributed by atoms with E-state index in [9.17, 15) is 9.59 Å². The number of carbonyl (C=O) groups is 2. The van der Waals surface area contributed by atoms with Gasteiger partial charge in [-0.05, 0) is 75.6 Å². The van der Waals surface area contributed by atoms with Crippen molar-refractivity contribution in [2.24, 2.45) is 0 Å². The van der Waals surface area contributed by atoms with Crippen molar-refractivity contribution in [3.8, 4) is 12.8 Å². The fraction of sp³-hybridized carbons (Fsp3) is 0.250. The van der Waals surface area contributed by atoms with Crippen LogP contribution in [0.4, 0.5) is 5.69 Å². The van der Waals surface area contributed by atoms with Crippen LogP contribution in [0, 0.1) is 26.7 Å². The van der Waals surface area contributed by atoms with Gasteiger partial charge in [-0.3, -0.25) is 9.59 Å². The Labute approximate surface area is 270 Å². The Hall–Kier alpha value is -5.08.